The molecule has 16 nitrogen and oxygen atoms in total. The first-order valence-electron chi connectivity index (χ1n) is 16.9. The standard InChI is InChI=1S/C34H45N11O5/c1-21(46)42-27(15-23-18-40-26-7-3-2-6-25(23)26)32(49)43-28(16-30(47)41-17-22-5-4-13-44(20-22)34(35)36)33(50)45(24-8-9-24)14-12-39-31(48)29-19-37-10-11-38-29/h2-3,6-7,10-11,18-19,22,24,27-28,40H,4-5,8-9,12-17,20H2,1H3,(H3,35,36)(H,39,48)(H,41,47)(H,42,46)(H,43,49)/t22-,27-,28-/m0/s1. The number of carbonyl (C=O) groups excluding carboxylic acids is 5. The van der Waals surface area contributed by atoms with Crippen molar-refractivity contribution in [3.8, 4) is 0 Å². The molecule has 3 atom stereocenters. The van der Waals surface area contributed by atoms with E-state index >= 15 is 0 Å². The summed E-state index contributed by atoms with van der Waals surface area (Å²) in [6.45, 7) is 3.13. The third-order valence-electron chi connectivity index (χ3n) is 8.95. The molecule has 8 N–H and O–H groups in total. The van der Waals surface area contributed by atoms with Crippen molar-refractivity contribution in [1.29, 1.82) is 5.41 Å². The van der Waals surface area contributed by atoms with Crippen LogP contribution in [0.5, 0.6) is 0 Å². The Kier molecular flexibility index (Phi) is 12.0. The Morgan fingerprint density at radius 1 is 1.08 bits per heavy atom. The van der Waals surface area contributed by atoms with Crippen molar-refractivity contribution >= 4 is 46.4 Å². The quantitative estimate of drug-likeness (QED) is 0.0842. The molecule has 5 amide bonds. The number of piperidine rings is 1. The van der Waals surface area contributed by atoms with Gasteiger partial charge in [0.2, 0.25) is 23.6 Å². The molecule has 1 aliphatic heterocycles. The maximum Gasteiger partial charge on any atom is 0.271 e. The summed E-state index contributed by atoms with van der Waals surface area (Å²) >= 11 is 0. The summed E-state index contributed by atoms with van der Waals surface area (Å²) in [6, 6.07) is 5.24. The first kappa shape index (κ1) is 35.8. The number of likely N-dealkylation sites (tertiary alicyclic amines) is 1. The minimum atomic E-state index is -1.24. The SMILES string of the molecule is CC(=O)N[C@@H](Cc1c[nH]c2ccccc12)C(=O)N[C@@H](CC(=O)NC[C@@H]1CCCN(C(=N)N)C1)C(=O)N(CCNC(=O)c1cnccn1)C1CC1. The van der Waals surface area contributed by atoms with Gasteiger partial charge in [0.15, 0.2) is 5.96 Å². The molecule has 5 rings (SSSR count). The van der Waals surface area contributed by atoms with Gasteiger partial charge in [0.1, 0.15) is 17.8 Å². The van der Waals surface area contributed by atoms with Gasteiger partial charge in [-0.3, -0.25) is 34.4 Å². The molecule has 1 saturated carbocycles. The van der Waals surface area contributed by atoms with Gasteiger partial charge >= 0.3 is 0 Å². The van der Waals surface area contributed by atoms with Crippen molar-refractivity contribution in [3.63, 3.8) is 0 Å². The van der Waals surface area contributed by atoms with Gasteiger partial charge in [-0.2, -0.15) is 0 Å². The molecule has 16 heteroatoms. The highest BCUT2D eigenvalue weighted by Crippen LogP contribution is 2.27. The minimum Gasteiger partial charge on any atom is -0.370 e. The Balaban J connectivity index is 1.29. The van der Waals surface area contributed by atoms with Gasteiger partial charge in [0, 0.05) is 81.6 Å². The Morgan fingerprint density at radius 3 is 2.60 bits per heavy atom. The third kappa shape index (κ3) is 9.76. The van der Waals surface area contributed by atoms with Crippen LogP contribution in [0.1, 0.15) is 55.1 Å². The summed E-state index contributed by atoms with van der Waals surface area (Å²) in [5.74, 6) is -2.29. The number of fused-ring (bicyclic) bond motifs is 1. The lowest BCUT2D eigenvalue weighted by Crippen LogP contribution is -2.57. The van der Waals surface area contributed by atoms with Gasteiger partial charge in [-0.1, -0.05) is 18.2 Å². The van der Waals surface area contributed by atoms with Crippen molar-refractivity contribution in [2.45, 2.75) is 63.6 Å². The maximum absolute atomic E-state index is 14.2. The van der Waals surface area contributed by atoms with Gasteiger partial charge in [-0.15, -0.1) is 0 Å². The van der Waals surface area contributed by atoms with E-state index in [9.17, 15) is 24.0 Å². The normalized spacial score (nSPS) is 16.9. The van der Waals surface area contributed by atoms with Crippen LogP contribution in [0.25, 0.3) is 10.9 Å². The van der Waals surface area contributed by atoms with Crippen LogP contribution in [0, 0.1) is 11.3 Å². The van der Waals surface area contributed by atoms with Gasteiger partial charge in [0.25, 0.3) is 5.91 Å². The fourth-order valence-electron chi connectivity index (χ4n) is 6.27. The van der Waals surface area contributed by atoms with E-state index < -0.39 is 41.6 Å². The number of nitrogens with two attached hydrogens (primary N) is 1. The number of rotatable bonds is 15. The second-order valence-electron chi connectivity index (χ2n) is 12.8. The summed E-state index contributed by atoms with van der Waals surface area (Å²) in [6.07, 6.45) is 9.00. The number of nitrogens with zero attached hydrogens (tertiary/aromatic N) is 4. The molecular weight excluding hydrogens is 642 g/mol. The van der Waals surface area contributed by atoms with E-state index in [2.05, 4.69) is 36.2 Å². The van der Waals surface area contributed by atoms with Crippen LogP contribution in [-0.2, 0) is 25.6 Å². The minimum absolute atomic E-state index is 0.0104. The van der Waals surface area contributed by atoms with E-state index in [1.165, 1.54) is 25.5 Å². The average Bonchev–Trinajstić information content (AvgIpc) is 3.88. The Labute approximate surface area is 289 Å². The van der Waals surface area contributed by atoms with Crippen LogP contribution in [0.15, 0.2) is 49.1 Å². The van der Waals surface area contributed by atoms with Crippen molar-refractivity contribution in [1.82, 2.24) is 46.0 Å². The highest BCUT2D eigenvalue weighted by Gasteiger charge is 2.38. The number of benzene rings is 1. The van der Waals surface area contributed by atoms with Crippen molar-refractivity contribution in [2.75, 3.05) is 32.7 Å². The van der Waals surface area contributed by atoms with Crippen LogP contribution in [0.2, 0.25) is 0 Å². The second kappa shape index (κ2) is 16.7. The largest absolute Gasteiger partial charge is 0.370 e. The molecule has 1 saturated heterocycles. The van der Waals surface area contributed by atoms with Crippen LogP contribution < -0.4 is 27.0 Å². The lowest BCUT2D eigenvalue weighted by Gasteiger charge is -2.33. The number of carbonyl (C=O) groups is 5. The van der Waals surface area contributed by atoms with Gasteiger partial charge < -0.3 is 41.8 Å². The molecule has 0 bridgehead atoms. The number of aromatic amines is 1. The molecule has 1 aliphatic carbocycles. The number of hydrogen-bond acceptors (Lipinski definition) is 8. The maximum atomic E-state index is 14.2. The Hall–Kier alpha value is -5.54. The van der Waals surface area contributed by atoms with Crippen molar-refractivity contribution in [3.05, 3.63) is 60.3 Å². The number of guanidine groups is 1. The summed E-state index contributed by atoms with van der Waals surface area (Å²) in [7, 11) is 0. The molecule has 0 unspecified atom stereocenters. The van der Waals surface area contributed by atoms with Crippen LogP contribution in [0.3, 0.4) is 0 Å². The van der Waals surface area contributed by atoms with E-state index in [0.717, 1.165) is 42.1 Å². The van der Waals surface area contributed by atoms with Crippen LogP contribution >= 0.6 is 0 Å². The van der Waals surface area contributed by atoms with E-state index in [1.807, 2.05) is 24.3 Å². The molecule has 2 fully saturated rings. The van der Waals surface area contributed by atoms with E-state index in [0.29, 0.717) is 19.6 Å². The molecule has 2 aromatic heterocycles. The van der Waals surface area contributed by atoms with Gasteiger partial charge in [-0.25, -0.2) is 4.98 Å². The second-order valence-corrected chi connectivity index (χ2v) is 12.8. The highest BCUT2D eigenvalue weighted by molar-refractivity contribution is 5.95. The number of aromatic nitrogens is 3. The lowest BCUT2D eigenvalue weighted by atomic mass is 9.98. The highest BCUT2D eigenvalue weighted by atomic mass is 16.2. The van der Waals surface area contributed by atoms with Crippen LogP contribution in [0.4, 0.5) is 0 Å². The molecule has 3 heterocycles. The number of para-hydroxylation sites is 1. The summed E-state index contributed by atoms with van der Waals surface area (Å²) in [4.78, 5) is 80.6. The number of H-pyrrole nitrogens is 1. The van der Waals surface area contributed by atoms with E-state index in [1.54, 1.807) is 16.0 Å². The monoisotopic (exact) mass is 687 g/mol. The first-order chi connectivity index (χ1) is 24.1. The van der Waals surface area contributed by atoms with E-state index in [4.69, 9.17) is 11.1 Å². The summed E-state index contributed by atoms with van der Waals surface area (Å²) < 4.78 is 0. The molecule has 0 radical (unpaired) electrons. The molecule has 0 spiro atoms. The zero-order valence-corrected chi connectivity index (χ0v) is 28.1. The van der Waals surface area contributed by atoms with Gasteiger partial charge in [-0.05, 0) is 43.2 Å². The fourth-order valence-corrected chi connectivity index (χ4v) is 6.27. The summed E-state index contributed by atoms with van der Waals surface area (Å²) in [5, 5.41) is 19.8. The zero-order valence-electron chi connectivity index (χ0n) is 28.1. The van der Waals surface area contributed by atoms with Crippen molar-refractivity contribution < 1.29 is 24.0 Å². The number of amides is 5. The average molecular weight is 688 g/mol. The number of nitrogens with one attached hydrogen (secondary N) is 6. The molecular formula is C34H45N11O5. The Morgan fingerprint density at radius 2 is 1.88 bits per heavy atom. The lowest BCUT2D eigenvalue weighted by molar-refractivity contribution is -0.139. The predicted molar refractivity (Wildman–Crippen MR) is 184 cm³/mol. The first-order valence-corrected chi connectivity index (χ1v) is 16.9. The summed E-state index contributed by atoms with van der Waals surface area (Å²) in [5.41, 5.74) is 7.50. The zero-order chi connectivity index (χ0) is 35.6. The molecule has 50 heavy (non-hydrogen) atoms. The molecule has 266 valence electrons. The van der Waals surface area contributed by atoms with Gasteiger partial charge in [0.05, 0.1) is 12.6 Å². The smallest absolute Gasteiger partial charge is 0.271 e. The molecule has 2 aliphatic rings. The predicted octanol–water partition coefficient (Wildman–Crippen LogP) is 0.0227. The molecule has 3 aromatic rings. The third-order valence-corrected chi connectivity index (χ3v) is 8.95. The fraction of sp³-hybridized carbons (Fsp3) is 0.471. The Bertz CT molecular complexity index is 1690. The van der Waals surface area contributed by atoms with Crippen molar-refractivity contribution in [2.24, 2.45) is 11.7 Å². The number of hydrogen-bond donors (Lipinski definition) is 7. The van der Waals surface area contributed by atoms with Crippen LogP contribution in [-0.4, -0.2) is 111 Å². The topological polar surface area (TPSA) is 231 Å². The van der Waals surface area contributed by atoms with E-state index in [-0.39, 0.29) is 49.5 Å². The molecule has 1 aromatic carbocycles.